The highest BCUT2D eigenvalue weighted by molar-refractivity contribution is 5.99. The fourth-order valence-electron chi connectivity index (χ4n) is 9.51. The fraction of sp³-hybridized carbons (Fsp3) is 0.492. The molecule has 30 nitrogen and oxygen atoms in total. The number of aromatic hydroxyl groups is 2. The van der Waals surface area contributed by atoms with Crippen LogP contribution in [0.15, 0.2) is 78.9 Å². The van der Waals surface area contributed by atoms with Gasteiger partial charge in [0, 0.05) is 38.6 Å². The highest BCUT2D eigenvalue weighted by Gasteiger charge is 2.41. The van der Waals surface area contributed by atoms with E-state index in [0.29, 0.717) is 16.7 Å². The first-order valence-electron chi connectivity index (χ1n) is 28.8. The van der Waals surface area contributed by atoms with Crippen LogP contribution in [-0.4, -0.2) is 192 Å². The van der Waals surface area contributed by atoms with Crippen LogP contribution in [0.2, 0.25) is 0 Å². The van der Waals surface area contributed by atoms with E-state index in [-0.39, 0.29) is 75.3 Å². The Bertz CT molecular complexity index is 2950. The number of nitrogens with two attached hydrogens (primary N) is 3. The summed E-state index contributed by atoms with van der Waals surface area (Å²) in [5.74, 6) is -12.7. The first-order chi connectivity index (χ1) is 42.0. The number of phenols is 2. The van der Waals surface area contributed by atoms with Crippen LogP contribution >= 0.6 is 0 Å². The Hall–Kier alpha value is -9.26. The zero-order chi connectivity index (χ0) is 66.2. The molecule has 30 heteroatoms. The first-order valence-corrected chi connectivity index (χ1v) is 28.8. The Morgan fingerprint density at radius 3 is 1.42 bits per heavy atom. The third-order valence-electron chi connectivity index (χ3n) is 14.4. The summed E-state index contributed by atoms with van der Waals surface area (Å²) in [4.78, 5) is 162. The number of aliphatic hydroxyl groups is 3. The van der Waals surface area contributed by atoms with Gasteiger partial charge < -0.3 is 95.3 Å². The Balaban J connectivity index is 1.55. The summed E-state index contributed by atoms with van der Waals surface area (Å²) < 4.78 is 0. The van der Waals surface area contributed by atoms with Crippen molar-refractivity contribution in [2.45, 2.75) is 165 Å². The molecule has 1 aliphatic heterocycles. The van der Waals surface area contributed by atoms with Gasteiger partial charge in [-0.1, -0.05) is 68.4 Å². The van der Waals surface area contributed by atoms with Crippen molar-refractivity contribution >= 4 is 70.9 Å². The molecule has 20 N–H and O–H groups in total. The number of hydrogen-bond acceptors (Lipinski definition) is 18. The molecule has 89 heavy (non-hydrogen) atoms. The van der Waals surface area contributed by atoms with Gasteiger partial charge in [0.15, 0.2) is 0 Å². The number of primary amides is 2. The highest BCUT2D eigenvalue weighted by Crippen LogP contribution is 2.22. The van der Waals surface area contributed by atoms with Gasteiger partial charge in [0.25, 0.3) is 0 Å². The van der Waals surface area contributed by atoms with Crippen LogP contribution in [0.3, 0.4) is 0 Å². The number of hydrogen-bond donors (Lipinski definition) is 17. The molecule has 0 aliphatic carbocycles. The third-order valence-corrected chi connectivity index (χ3v) is 14.4. The first kappa shape index (κ1) is 72.2. The summed E-state index contributed by atoms with van der Waals surface area (Å²) in [5.41, 5.74) is 17.6. The molecule has 0 saturated carbocycles. The fourth-order valence-corrected chi connectivity index (χ4v) is 9.51. The van der Waals surface area contributed by atoms with Gasteiger partial charge in [-0.25, -0.2) is 4.79 Å². The van der Waals surface area contributed by atoms with E-state index in [0.717, 1.165) is 6.92 Å². The molecule has 0 aromatic heterocycles. The normalized spacial score (nSPS) is 16.6. The molecule has 11 amide bonds. The second-order valence-corrected chi connectivity index (χ2v) is 22.2. The number of benzene rings is 3. The number of rotatable bonds is 35. The lowest BCUT2D eigenvalue weighted by Gasteiger charge is -2.31. The SMILES string of the molecule is CC(C)C[C@H](NC(=O)[C@H](CO)NC(=O)[C@H](Cc1ccc(O)cc1)NC(=O)[C@@H](NC(=O)[C@H](CCC(N)=O)NC(=O)[C@@H](N)CCC(N)=O)[C@@H](C)O)C(=O)N1CCC[C@H]1C(=O)N[C@@H](Cc1ccc(O)cc1)C(=O)N[C@H](C(=O)N[C@@H](Cc1ccccc1)C(=O)O)[C@@H](C)O. The number of carboxylic acid groups (broad SMARTS) is 1. The zero-order valence-electron chi connectivity index (χ0n) is 49.8. The second kappa shape index (κ2) is 34.9. The minimum absolute atomic E-state index is 0.0177. The number of amides is 11. The van der Waals surface area contributed by atoms with Crippen molar-refractivity contribution in [1.82, 2.24) is 47.4 Å². The van der Waals surface area contributed by atoms with Crippen molar-refractivity contribution in [3.63, 3.8) is 0 Å². The minimum atomic E-state index is -1.88. The van der Waals surface area contributed by atoms with E-state index < -0.39 is 163 Å². The number of carbonyl (C=O) groups is 12. The summed E-state index contributed by atoms with van der Waals surface area (Å²) >= 11 is 0. The molecule has 3 aromatic carbocycles. The monoisotopic (exact) mass is 1250 g/mol. The molecule has 4 rings (SSSR count). The molecule has 486 valence electrons. The molecule has 0 spiro atoms. The largest absolute Gasteiger partial charge is 0.508 e. The van der Waals surface area contributed by atoms with Crippen LogP contribution in [0.4, 0.5) is 0 Å². The van der Waals surface area contributed by atoms with Gasteiger partial charge in [-0.05, 0) is 92.8 Å². The summed E-state index contributed by atoms with van der Waals surface area (Å²) in [5, 5.41) is 81.4. The molecule has 0 unspecified atom stereocenters. The molecular weight excluding hydrogens is 1160 g/mol. The number of nitrogens with zero attached hydrogens (tertiary/aromatic N) is 1. The van der Waals surface area contributed by atoms with Crippen LogP contribution in [-0.2, 0) is 76.8 Å². The van der Waals surface area contributed by atoms with Crippen LogP contribution in [0.1, 0.15) is 89.3 Å². The average molecular weight is 1250 g/mol. The van der Waals surface area contributed by atoms with Crippen molar-refractivity contribution in [3.8, 4) is 11.5 Å². The standard InChI is InChI=1S/C59H82N12O18/c1-30(2)25-42(58(87)71-24-8-11-45(71)55(84)64-41(27-35-14-18-37(76)19-15-35)53(82)70-49(32(4)74)57(86)67-43(59(88)89)28-33-9-6-5-7-10-33)66-54(83)44(29-72)68-52(81)40(26-34-12-16-36(75)17-13-34)65-56(85)48(31(3)73)69-51(80)39(21-23-47(62)78)63-50(79)38(60)20-22-46(61)77/h5-7,9-10,12-19,30-32,38-45,48-49,72-76H,8,11,20-29,60H2,1-4H3,(H2,61,77)(H2,62,78)(H,63,79)(H,64,84)(H,65,85)(H,66,83)(H,67,86)(H,68,81)(H,69,80)(H,70,82)(H,88,89)/t31-,32-,38+,39+,40+,41+,42+,43+,44+,45+,48+,49+/m1/s1. The van der Waals surface area contributed by atoms with Gasteiger partial charge in [0.2, 0.25) is 65.0 Å². The molecule has 12 atom stereocenters. The molecular formula is C59H82N12O18. The van der Waals surface area contributed by atoms with E-state index in [1.165, 1.54) is 60.4 Å². The van der Waals surface area contributed by atoms with Gasteiger partial charge in [-0.2, -0.15) is 0 Å². The molecule has 1 aliphatic rings. The lowest BCUT2D eigenvalue weighted by Crippen LogP contribution is -2.62. The smallest absolute Gasteiger partial charge is 0.326 e. The number of carbonyl (C=O) groups excluding carboxylic acids is 11. The van der Waals surface area contributed by atoms with Crippen LogP contribution in [0.25, 0.3) is 0 Å². The van der Waals surface area contributed by atoms with Crippen LogP contribution in [0, 0.1) is 5.92 Å². The van der Waals surface area contributed by atoms with Crippen molar-refractivity contribution in [1.29, 1.82) is 0 Å². The average Bonchev–Trinajstić information content (AvgIpc) is 2.35. The van der Waals surface area contributed by atoms with Gasteiger partial charge in [-0.15, -0.1) is 0 Å². The molecule has 1 heterocycles. The van der Waals surface area contributed by atoms with Crippen LogP contribution in [0.5, 0.6) is 11.5 Å². The van der Waals surface area contributed by atoms with E-state index in [2.05, 4.69) is 42.5 Å². The van der Waals surface area contributed by atoms with Crippen LogP contribution < -0.4 is 59.7 Å². The topological polar surface area (TPSA) is 504 Å². The lowest BCUT2D eigenvalue weighted by atomic mass is 10.0. The molecule has 0 radical (unpaired) electrons. The molecule has 1 fully saturated rings. The van der Waals surface area contributed by atoms with Gasteiger partial charge in [-0.3, -0.25) is 52.7 Å². The number of aliphatic carboxylic acids is 1. The maximum absolute atomic E-state index is 14.6. The number of nitrogens with one attached hydrogen (secondary N) is 8. The Morgan fingerprint density at radius 2 is 0.933 bits per heavy atom. The van der Waals surface area contributed by atoms with E-state index in [4.69, 9.17) is 17.2 Å². The van der Waals surface area contributed by atoms with Crippen molar-refractivity contribution in [3.05, 3.63) is 95.6 Å². The van der Waals surface area contributed by atoms with Crippen molar-refractivity contribution in [2.75, 3.05) is 13.2 Å². The number of aliphatic hydroxyl groups excluding tert-OH is 3. The Labute approximate surface area is 512 Å². The molecule has 0 bridgehead atoms. The van der Waals surface area contributed by atoms with Gasteiger partial charge in [0.05, 0.1) is 24.9 Å². The minimum Gasteiger partial charge on any atom is -0.508 e. The Kier molecular flexibility index (Phi) is 28.3. The number of phenolic OH excluding ortho intramolecular Hbond substituents is 2. The van der Waals surface area contributed by atoms with E-state index in [9.17, 15) is 88.2 Å². The number of carboxylic acids is 1. The maximum atomic E-state index is 14.6. The highest BCUT2D eigenvalue weighted by atomic mass is 16.4. The number of likely N-dealkylation sites (tertiary alicyclic amines) is 1. The Morgan fingerprint density at radius 1 is 0.517 bits per heavy atom. The van der Waals surface area contributed by atoms with Gasteiger partial charge >= 0.3 is 5.97 Å². The zero-order valence-corrected chi connectivity index (χ0v) is 49.8. The van der Waals surface area contributed by atoms with E-state index >= 15 is 0 Å². The van der Waals surface area contributed by atoms with Gasteiger partial charge in [0.1, 0.15) is 65.9 Å². The quantitative estimate of drug-likeness (QED) is 0.0265. The summed E-state index contributed by atoms with van der Waals surface area (Å²) in [6.45, 7) is 4.65. The van der Waals surface area contributed by atoms with E-state index in [1.54, 1.807) is 44.2 Å². The molecule has 1 saturated heterocycles. The summed E-state index contributed by atoms with van der Waals surface area (Å²) in [6, 6.07) is 3.60. The predicted molar refractivity (Wildman–Crippen MR) is 316 cm³/mol. The van der Waals surface area contributed by atoms with Crippen molar-refractivity contribution in [2.24, 2.45) is 23.1 Å². The summed E-state index contributed by atoms with van der Waals surface area (Å²) in [6.07, 6.45) is -5.13. The second-order valence-electron chi connectivity index (χ2n) is 22.2. The predicted octanol–water partition coefficient (Wildman–Crippen LogP) is -4.26. The maximum Gasteiger partial charge on any atom is 0.326 e. The summed E-state index contributed by atoms with van der Waals surface area (Å²) in [7, 11) is 0. The van der Waals surface area contributed by atoms with E-state index in [1.807, 2.05) is 0 Å². The third kappa shape index (κ3) is 23.4. The molecule has 3 aromatic rings. The van der Waals surface area contributed by atoms with Crippen molar-refractivity contribution < 1.29 is 88.2 Å². The lowest BCUT2D eigenvalue weighted by molar-refractivity contribution is -0.143.